The fourth-order valence-corrected chi connectivity index (χ4v) is 4.84. The zero-order valence-electron chi connectivity index (χ0n) is 25.0. The van der Waals surface area contributed by atoms with E-state index >= 15 is 0 Å². The molecule has 0 saturated carbocycles. The quantitative estimate of drug-likeness (QED) is 0.131. The van der Waals surface area contributed by atoms with Crippen molar-refractivity contribution in [1.82, 2.24) is 24.6 Å². The first-order valence-corrected chi connectivity index (χ1v) is 14.2. The van der Waals surface area contributed by atoms with Gasteiger partial charge in [-0.2, -0.15) is 4.99 Å². The summed E-state index contributed by atoms with van der Waals surface area (Å²) in [6.45, 7) is 1.13. The molecule has 2 heterocycles. The van der Waals surface area contributed by atoms with Crippen LogP contribution >= 0.6 is 0 Å². The highest BCUT2D eigenvalue weighted by atomic mass is 16.5. The van der Waals surface area contributed by atoms with Gasteiger partial charge in [0.1, 0.15) is 18.2 Å². The molecule has 2 aromatic heterocycles. The Bertz CT molecular complexity index is 1700. The Kier molecular flexibility index (Phi) is 10.0. The Balaban J connectivity index is 1.33. The first-order valence-electron chi connectivity index (χ1n) is 14.2. The summed E-state index contributed by atoms with van der Waals surface area (Å²) >= 11 is 0. The van der Waals surface area contributed by atoms with Crippen molar-refractivity contribution in [3.8, 4) is 17.1 Å². The lowest BCUT2D eigenvalue weighted by Crippen LogP contribution is -2.42. The summed E-state index contributed by atoms with van der Waals surface area (Å²) in [7, 11) is 2.65. The van der Waals surface area contributed by atoms with Crippen LogP contribution in [0.2, 0.25) is 0 Å². The third kappa shape index (κ3) is 8.03. The average molecular weight is 604 g/mol. The molecule has 0 aliphatic heterocycles. The Morgan fingerprint density at radius 3 is 2.04 bits per heavy atom. The van der Waals surface area contributed by atoms with E-state index < -0.39 is 12.1 Å². The van der Waals surface area contributed by atoms with Gasteiger partial charge in [0.15, 0.2) is 5.82 Å². The van der Waals surface area contributed by atoms with Crippen molar-refractivity contribution in [2.45, 2.75) is 25.6 Å². The molecule has 0 saturated heterocycles. The maximum Gasteiger partial charge on any atom is 0.435 e. The highest BCUT2D eigenvalue weighted by Gasteiger charge is 2.28. The van der Waals surface area contributed by atoms with Crippen LogP contribution in [0.25, 0.3) is 17.1 Å². The largest absolute Gasteiger partial charge is 0.468 e. The van der Waals surface area contributed by atoms with E-state index in [0.29, 0.717) is 42.3 Å². The van der Waals surface area contributed by atoms with Gasteiger partial charge < -0.3 is 15.2 Å². The van der Waals surface area contributed by atoms with Crippen LogP contribution in [0.4, 0.5) is 4.79 Å². The number of imidazole rings is 1. The summed E-state index contributed by atoms with van der Waals surface area (Å²) < 4.78 is 11.5. The van der Waals surface area contributed by atoms with Crippen LogP contribution in [0.5, 0.6) is 0 Å². The first-order chi connectivity index (χ1) is 21.9. The van der Waals surface area contributed by atoms with Gasteiger partial charge in [0.25, 0.3) is 0 Å². The zero-order valence-corrected chi connectivity index (χ0v) is 25.0. The molecule has 0 spiro atoms. The Morgan fingerprint density at radius 2 is 1.49 bits per heavy atom. The van der Waals surface area contributed by atoms with Gasteiger partial charge in [-0.15, -0.1) is 10.2 Å². The predicted molar refractivity (Wildman–Crippen MR) is 169 cm³/mol. The van der Waals surface area contributed by atoms with E-state index in [-0.39, 0.29) is 11.8 Å². The van der Waals surface area contributed by atoms with Crippen LogP contribution in [-0.4, -0.2) is 62.8 Å². The second-order valence-corrected chi connectivity index (χ2v) is 10.2. The highest BCUT2D eigenvalue weighted by Crippen LogP contribution is 2.20. The second kappa shape index (κ2) is 14.7. The molecule has 0 bridgehead atoms. The minimum absolute atomic E-state index is 0.0587. The lowest BCUT2D eigenvalue weighted by molar-refractivity contribution is -0.147. The molecule has 228 valence electrons. The van der Waals surface area contributed by atoms with Crippen LogP contribution in [-0.2, 0) is 33.8 Å². The number of rotatable bonds is 11. The van der Waals surface area contributed by atoms with Crippen LogP contribution in [0.15, 0.2) is 115 Å². The molecule has 0 radical (unpaired) electrons. The number of aliphatic imine (C=N–C) groups is 1. The van der Waals surface area contributed by atoms with Crippen molar-refractivity contribution in [2.24, 2.45) is 10.7 Å². The number of carbonyl (C=O) groups excluding carboxylic acids is 2. The number of hydrogen-bond donors (Lipinski definition) is 1. The van der Waals surface area contributed by atoms with Gasteiger partial charge in [0.05, 0.1) is 25.6 Å². The van der Waals surface area contributed by atoms with Crippen molar-refractivity contribution < 1.29 is 19.1 Å². The molecule has 11 nitrogen and oxygen atoms in total. The molecular formula is C34H33N7O4. The Labute approximate surface area is 261 Å². The smallest absolute Gasteiger partial charge is 0.435 e. The molecule has 5 rings (SSSR count). The van der Waals surface area contributed by atoms with E-state index in [0.717, 1.165) is 16.7 Å². The molecule has 1 amide bonds. The monoisotopic (exact) mass is 603 g/mol. The number of benzene rings is 3. The van der Waals surface area contributed by atoms with E-state index in [1.807, 2.05) is 91.1 Å². The van der Waals surface area contributed by atoms with Gasteiger partial charge in [-0.1, -0.05) is 84.9 Å². The summed E-state index contributed by atoms with van der Waals surface area (Å²) in [6, 6.07) is 30.3. The Morgan fingerprint density at radius 1 is 0.844 bits per heavy atom. The lowest BCUT2D eigenvalue weighted by atomic mass is 10.1. The maximum atomic E-state index is 13.2. The van der Waals surface area contributed by atoms with E-state index in [1.54, 1.807) is 23.0 Å². The van der Waals surface area contributed by atoms with Gasteiger partial charge in [0, 0.05) is 36.8 Å². The third-order valence-electron chi connectivity index (χ3n) is 7.19. The van der Waals surface area contributed by atoms with E-state index in [9.17, 15) is 9.59 Å². The standard InChI is InChI=1S/C34H33N7O4/c1-44-33(42)30(40(20-24-9-5-3-6-10-24)21-25-11-7-4-8-12-25)19-28-22-41(23-36-28)31-18-17-29(38-39-31)26-13-15-27(16-14-26)32(35)37-34(43)45-2/h3-18,22-23,30H,19-21H2,1-2H3,(H2,35,37,43). The average Bonchev–Trinajstić information content (AvgIpc) is 3.56. The molecule has 11 heteroatoms. The number of ether oxygens (including phenoxy) is 2. The molecule has 45 heavy (non-hydrogen) atoms. The molecule has 3 aromatic carbocycles. The molecule has 1 atom stereocenters. The van der Waals surface area contributed by atoms with Crippen molar-refractivity contribution in [2.75, 3.05) is 14.2 Å². The molecule has 1 unspecified atom stereocenters. The molecule has 2 N–H and O–H groups in total. The summed E-state index contributed by atoms with van der Waals surface area (Å²) in [5, 5.41) is 8.76. The number of aromatic nitrogens is 4. The fraction of sp³-hybridized carbons (Fsp3) is 0.176. The van der Waals surface area contributed by atoms with E-state index in [2.05, 4.69) is 29.8 Å². The molecule has 5 aromatic rings. The van der Waals surface area contributed by atoms with Gasteiger partial charge in [0.2, 0.25) is 0 Å². The van der Waals surface area contributed by atoms with Gasteiger partial charge >= 0.3 is 12.1 Å². The maximum absolute atomic E-state index is 13.2. The molecule has 0 aliphatic carbocycles. The van der Waals surface area contributed by atoms with Gasteiger partial charge in [-0.05, 0) is 23.3 Å². The van der Waals surface area contributed by atoms with Gasteiger partial charge in [-0.25, -0.2) is 9.78 Å². The summed E-state index contributed by atoms with van der Waals surface area (Å²) in [4.78, 5) is 34.9. The predicted octanol–water partition coefficient (Wildman–Crippen LogP) is 4.59. The minimum Gasteiger partial charge on any atom is -0.468 e. The van der Waals surface area contributed by atoms with E-state index in [4.69, 9.17) is 10.5 Å². The van der Waals surface area contributed by atoms with Crippen molar-refractivity contribution in [3.63, 3.8) is 0 Å². The number of amides is 1. The molecule has 0 aliphatic rings. The van der Waals surface area contributed by atoms with Crippen molar-refractivity contribution in [3.05, 3.63) is 132 Å². The van der Waals surface area contributed by atoms with Crippen LogP contribution in [0, 0.1) is 0 Å². The number of esters is 1. The van der Waals surface area contributed by atoms with E-state index in [1.165, 1.54) is 14.2 Å². The summed E-state index contributed by atoms with van der Waals surface area (Å²) in [6.07, 6.45) is 3.09. The topological polar surface area (TPSA) is 138 Å². The SMILES string of the molecule is COC(=O)N=C(N)c1ccc(-c2ccc(-n3cnc(CC(C(=O)OC)N(Cc4ccccc4)Cc4ccccc4)c3)nn2)cc1. The third-order valence-corrected chi connectivity index (χ3v) is 7.19. The van der Waals surface area contributed by atoms with Crippen molar-refractivity contribution >= 4 is 17.9 Å². The van der Waals surface area contributed by atoms with Crippen molar-refractivity contribution in [1.29, 1.82) is 0 Å². The number of nitrogens with two attached hydrogens (primary N) is 1. The molecule has 0 fully saturated rings. The zero-order chi connectivity index (χ0) is 31.6. The normalized spacial score (nSPS) is 12.1. The Hall–Kier alpha value is -5.68. The number of amidine groups is 1. The summed E-state index contributed by atoms with van der Waals surface area (Å²) in [5.74, 6) is 0.303. The van der Waals surface area contributed by atoms with Gasteiger partial charge in [-0.3, -0.25) is 14.3 Å². The number of carbonyl (C=O) groups is 2. The number of nitrogens with zero attached hydrogens (tertiary/aromatic N) is 6. The van der Waals surface area contributed by atoms with Crippen LogP contribution in [0.1, 0.15) is 22.4 Å². The number of methoxy groups -OCH3 is 2. The molecular weight excluding hydrogens is 570 g/mol. The minimum atomic E-state index is -0.766. The lowest BCUT2D eigenvalue weighted by Gasteiger charge is -2.29. The fourth-order valence-electron chi connectivity index (χ4n) is 4.84. The highest BCUT2D eigenvalue weighted by molar-refractivity contribution is 6.02. The van der Waals surface area contributed by atoms with Crippen LogP contribution in [0.3, 0.4) is 0 Å². The first kappa shape index (κ1) is 30.8. The summed E-state index contributed by atoms with van der Waals surface area (Å²) in [5.41, 5.74) is 10.8. The number of hydrogen-bond acceptors (Lipinski definition) is 8. The van der Waals surface area contributed by atoms with Crippen LogP contribution < -0.4 is 5.73 Å². The second-order valence-electron chi connectivity index (χ2n) is 10.2.